The molecule has 9 heteroatoms. The molecule has 8 rings (SSSR count). The fourth-order valence-electron chi connectivity index (χ4n) is 7.51. The quantitative estimate of drug-likeness (QED) is 0.330. The zero-order valence-electron chi connectivity index (χ0n) is 20.0. The normalized spacial score (nSPS) is 27.3. The average Bonchev–Trinajstić information content (AvgIpc) is 3.62. The highest BCUT2D eigenvalue weighted by Crippen LogP contribution is 2.62. The highest BCUT2D eigenvalue weighted by molar-refractivity contribution is 6.38. The lowest BCUT2D eigenvalue weighted by Crippen LogP contribution is -2.51. The number of hydrogen-bond acceptors (Lipinski definition) is 5. The Balaban J connectivity index is 1.45. The Morgan fingerprint density at radius 3 is 2.53 bits per heavy atom. The van der Waals surface area contributed by atoms with Gasteiger partial charge in [0.1, 0.15) is 11.4 Å². The number of para-hydroxylation sites is 2. The Kier molecular flexibility index (Phi) is 4.45. The first-order valence-corrected chi connectivity index (χ1v) is 13.4. The van der Waals surface area contributed by atoms with Crippen molar-refractivity contribution < 1.29 is 9.59 Å². The van der Waals surface area contributed by atoms with Crippen molar-refractivity contribution in [1.29, 1.82) is 0 Å². The summed E-state index contributed by atoms with van der Waals surface area (Å²) < 4.78 is 1.66. The van der Waals surface area contributed by atoms with Gasteiger partial charge in [-0.3, -0.25) is 23.9 Å². The Morgan fingerprint density at radius 2 is 1.68 bits per heavy atom. The number of rotatable bonds is 1. The van der Waals surface area contributed by atoms with Gasteiger partial charge < -0.3 is 0 Å². The maximum Gasteiger partial charge on any atom is 0.266 e. The number of carbonyl (C=O) groups excluding carboxylic acids is 2. The van der Waals surface area contributed by atoms with E-state index in [-0.39, 0.29) is 28.4 Å². The van der Waals surface area contributed by atoms with Crippen LogP contribution in [0.25, 0.3) is 16.6 Å². The van der Waals surface area contributed by atoms with E-state index in [1.54, 1.807) is 22.8 Å². The molecule has 4 aliphatic rings. The molecule has 188 valence electrons. The van der Waals surface area contributed by atoms with Crippen LogP contribution in [0.15, 0.2) is 71.5 Å². The molecule has 38 heavy (non-hydrogen) atoms. The zero-order chi connectivity index (χ0) is 25.9. The van der Waals surface area contributed by atoms with Gasteiger partial charge in [0.15, 0.2) is 0 Å². The molecule has 2 amide bonds. The maximum absolute atomic E-state index is 14.5. The largest absolute Gasteiger partial charge is 0.283 e. The monoisotopic (exact) mass is 542 g/mol. The van der Waals surface area contributed by atoms with Gasteiger partial charge in [0.2, 0.25) is 11.8 Å². The third kappa shape index (κ3) is 2.50. The number of hydrogen-bond donors (Lipinski definition) is 0. The average molecular weight is 543 g/mol. The van der Waals surface area contributed by atoms with E-state index in [4.69, 9.17) is 28.2 Å². The number of imide groups is 1. The van der Waals surface area contributed by atoms with Crippen LogP contribution in [0.2, 0.25) is 10.0 Å². The number of halogens is 2. The van der Waals surface area contributed by atoms with Crippen molar-refractivity contribution in [3.63, 3.8) is 0 Å². The standard InChI is InChI=1S/C29H20Cl2N4O3/c30-15-11-12-21(18(31)14-15)34-26(37)23-22-10-5-13-33(22)29(24(23)27(34)38)17-7-2-4-9-20(17)35-25(36)16-6-1-3-8-19(16)32-28(29)35/h1-4,6-9,11-12,14,22-24H,5,10,13H2/t22-,23+,24-,29-/m1/s1. The molecule has 7 nitrogen and oxygen atoms in total. The molecule has 3 saturated heterocycles. The number of anilines is 1. The lowest BCUT2D eigenvalue weighted by atomic mass is 9.75. The van der Waals surface area contributed by atoms with Crippen molar-refractivity contribution in [1.82, 2.24) is 14.5 Å². The summed E-state index contributed by atoms with van der Waals surface area (Å²) in [7, 11) is 0. The SMILES string of the molecule is O=C1[C@H]2[C@H]3CCCN3[C@]3(c4ccccc4-n4c3nc3ccccc3c4=O)[C@H]2C(=O)N1c1ccc(Cl)cc1Cl. The van der Waals surface area contributed by atoms with Gasteiger partial charge in [0.05, 0.1) is 39.1 Å². The first-order valence-electron chi connectivity index (χ1n) is 12.7. The smallest absolute Gasteiger partial charge is 0.266 e. The molecule has 3 aromatic carbocycles. The molecule has 1 aromatic heterocycles. The van der Waals surface area contributed by atoms with Gasteiger partial charge in [0.25, 0.3) is 5.56 Å². The minimum atomic E-state index is -1.05. The molecule has 0 saturated carbocycles. The fourth-order valence-corrected chi connectivity index (χ4v) is 8.01. The van der Waals surface area contributed by atoms with Crippen molar-refractivity contribution >= 4 is 51.6 Å². The molecule has 0 N–H and O–H groups in total. The Hall–Kier alpha value is -3.52. The summed E-state index contributed by atoms with van der Waals surface area (Å²) in [6.07, 6.45) is 1.67. The Bertz CT molecular complexity index is 1800. The molecule has 4 aliphatic heterocycles. The summed E-state index contributed by atoms with van der Waals surface area (Å²) in [4.78, 5) is 51.1. The van der Waals surface area contributed by atoms with Crippen LogP contribution in [0.1, 0.15) is 24.2 Å². The molecule has 0 aliphatic carbocycles. The number of fused-ring (bicyclic) bond motifs is 11. The minimum absolute atomic E-state index is 0.157. The maximum atomic E-state index is 14.5. The topological polar surface area (TPSA) is 75.5 Å². The third-order valence-electron chi connectivity index (χ3n) is 8.79. The first-order chi connectivity index (χ1) is 18.4. The van der Waals surface area contributed by atoms with Crippen LogP contribution in [0.4, 0.5) is 5.69 Å². The first kappa shape index (κ1) is 22.5. The van der Waals surface area contributed by atoms with Gasteiger partial charge in [-0.2, -0.15) is 0 Å². The summed E-state index contributed by atoms with van der Waals surface area (Å²) >= 11 is 12.6. The summed E-state index contributed by atoms with van der Waals surface area (Å²) in [6, 6.07) is 19.6. The van der Waals surface area contributed by atoms with Gasteiger partial charge in [-0.05, 0) is 55.8 Å². The van der Waals surface area contributed by atoms with Crippen molar-refractivity contribution in [2.24, 2.45) is 11.8 Å². The number of amides is 2. The van der Waals surface area contributed by atoms with Crippen LogP contribution in [0.3, 0.4) is 0 Å². The van der Waals surface area contributed by atoms with Crippen LogP contribution in [0.5, 0.6) is 0 Å². The second-order valence-corrected chi connectivity index (χ2v) is 11.2. The number of carbonyl (C=O) groups is 2. The predicted octanol–water partition coefficient (Wildman–Crippen LogP) is 4.53. The number of nitrogens with zero attached hydrogens (tertiary/aromatic N) is 4. The molecule has 4 aromatic rings. The van der Waals surface area contributed by atoms with Gasteiger partial charge in [-0.15, -0.1) is 0 Å². The highest BCUT2D eigenvalue weighted by Gasteiger charge is 2.73. The summed E-state index contributed by atoms with van der Waals surface area (Å²) in [5.74, 6) is -1.43. The highest BCUT2D eigenvalue weighted by atomic mass is 35.5. The Morgan fingerprint density at radius 1 is 0.895 bits per heavy atom. The zero-order valence-corrected chi connectivity index (χ0v) is 21.5. The summed E-state index contributed by atoms with van der Waals surface area (Å²) in [6.45, 7) is 0.705. The van der Waals surface area contributed by atoms with E-state index in [1.807, 2.05) is 42.5 Å². The van der Waals surface area contributed by atoms with E-state index in [0.717, 1.165) is 18.4 Å². The molecule has 1 spiro atoms. The van der Waals surface area contributed by atoms with Gasteiger partial charge in [0, 0.05) is 16.6 Å². The molecule has 0 radical (unpaired) electrons. The van der Waals surface area contributed by atoms with Crippen LogP contribution >= 0.6 is 23.2 Å². The number of aromatic nitrogens is 2. The van der Waals surface area contributed by atoms with Gasteiger partial charge in [-0.25, -0.2) is 9.88 Å². The van der Waals surface area contributed by atoms with Gasteiger partial charge >= 0.3 is 0 Å². The fraction of sp³-hybridized carbons (Fsp3) is 0.241. The van der Waals surface area contributed by atoms with Crippen molar-refractivity contribution in [3.05, 3.63) is 98.5 Å². The molecular formula is C29H20Cl2N4O3. The molecule has 4 atom stereocenters. The van der Waals surface area contributed by atoms with Crippen LogP contribution < -0.4 is 10.5 Å². The molecule has 0 bridgehead atoms. The Labute approximate surface area is 227 Å². The van der Waals surface area contributed by atoms with Crippen LogP contribution in [-0.4, -0.2) is 38.9 Å². The lowest BCUT2D eigenvalue weighted by Gasteiger charge is -2.38. The number of benzene rings is 3. The molecule has 3 fully saturated rings. The van der Waals surface area contributed by atoms with Crippen LogP contribution in [0, 0.1) is 11.8 Å². The van der Waals surface area contributed by atoms with E-state index in [2.05, 4.69) is 4.90 Å². The van der Waals surface area contributed by atoms with E-state index in [0.29, 0.717) is 39.7 Å². The van der Waals surface area contributed by atoms with E-state index in [1.165, 1.54) is 11.0 Å². The van der Waals surface area contributed by atoms with Crippen molar-refractivity contribution in [2.75, 3.05) is 11.4 Å². The van der Waals surface area contributed by atoms with Gasteiger partial charge in [-0.1, -0.05) is 53.5 Å². The van der Waals surface area contributed by atoms with Crippen LogP contribution in [-0.2, 0) is 15.1 Å². The summed E-state index contributed by atoms with van der Waals surface area (Å²) in [5.41, 5.74) is 1.22. The minimum Gasteiger partial charge on any atom is -0.283 e. The molecule has 5 heterocycles. The van der Waals surface area contributed by atoms with E-state index < -0.39 is 17.4 Å². The van der Waals surface area contributed by atoms with Crippen molar-refractivity contribution in [2.45, 2.75) is 24.4 Å². The lowest BCUT2D eigenvalue weighted by molar-refractivity contribution is -0.124. The van der Waals surface area contributed by atoms with E-state index in [9.17, 15) is 14.4 Å². The summed E-state index contributed by atoms with van der Waals surface area (Å²) in [5, 5.41) is 1.17. The predicted molar refractivity (Wildman–Crippen MR) is 144 cm³/mol. The van der Waals surface area contributed by atoms with Crippen molar-refractivity contribution in [3.8, 4) is 5.69 Å². The third-order valence-corrected chi connectivity index (χ3v) is 9.33. The second-order valence-electron chi connectivity index (χ2n) is 10.4. The molecular weight excluding hydrogens is 523 g/mol. The van der Waals surface area contributed by atoms with E-state index >= 15 is 0 Å². The second kappa shape index (κ2) is 7.53. The molecule has 0 unspecified atom stereocenters.